The smallest absolute Gasteiger partial charge is 0.339 e. The normalized spacial score (nSPS) is 16.6. The number of carbonyl (C=O) groups excluding carboxylic acids is 1. The summed E-state index contributed by atoms with van der Waals surface area (Å²) in [7, 11) is 0. The highest BCUT2D eigenvalue weighted by atomic mass is 35.5. The minimum Gasteiger partial charge on any atom is -0.339 e. The summed E-state index contributed by atoms with van der Waals surface area (Å²) in [6.45, 7) is 4.56. The molecule has 2 heterocycles. The van der Waals surface area contributed by atoms with E-state index in [0.29, 0.717) is 25.9 Å². The molecule has 28 heavy (non-hydrogen) atoms. The van der Waals surface area contributed by atoms with E-state index in [1.54, 1.807) is 24.3 Å². The number of piperidine rings is 1. The van der Waals surface area contributed by atoms with Crippen molar-refractivity contribution < 1.29 is 18.0 Å². The predicted octanol–water partition coefficient (Wildman–Crippen LogP) is 3.82. The Bertz CT molecular complexity index is 810. The Morgan fingerprint density at radius 3 is 2.29 bits per heavy atom. The summed E-state index contributed by atoms with van der Waals surface area (Å²) in [5.74, 6) is -0.352. The van der Waals surface area contributed by atoms with Crippen LogP contribution in [-0.2, 0) is 6.18 Å². The Hall–Kier alpha value is -2.06. The minimum absolute atomic E-state index is 0. The summed E-state index contributed by atoms with van der Waals surface area (Å²) in [5.41, 5.74) is 5.63. The van der Waals surface area contributed by atoms with Gasteiger partial charge in [-0.2, -0.15) is 18.3 Å². The van der Waals surface area contributed by atoms with Crippen LogP contribution >= 0.6 is 12.4 Å². The van der Waals surface area contributed by atoms with Gasteiger partial charge in [-0.25, -0.2) is 4.68 Å². The van der Waals surface area contributed by atoms with Gasteiger partial charge in [-0.3, -0.25) is 4.79 Å². The highest BCUT2D eigenvalue weighted by Crippen LogP contribution is 2.34. The van der Waals surface area contributed by atoms with Crippen LogP contribution in [0, 0.1) is 12.8 Å². The van der Waals surface area contributed by atoms with E-state index in [-0.39, 0.29) is 30.1 Å². The fraction of sp³-hybridized carbons (Fsp3) is 0.474. The lowest BCUT2D eigenvalue weighted by Crippen LogP contribution is -2.43. The van der Waals surface area contributed by atoms with Crippen molar-refractivity contribution in [3.05, 3.63) is 47.3 Å². The van der Waals surface area contributed by atoms with Crippen LogP contribution in [0.25, 0.3) is 5.69 Å². The van der Waals surface area contributed by atoms with E-state index >= 15 is 0 Å². The molecule has 0 aliphatic carbocycles. The highest BCUT2D eigenvalue weighted by molar-refractivity contribution is 5.95. The largest absolute Gasteiger partial charge is 0.434 e. The molecular formula is C19H24ClF3N4O. The van der Waals surface area contributed by atoms with E-state index in [4.69, 9.17) is 5.73 Å². The van der Waals surface area contributed by atoms with Gasteiger partial charge in [-0.05, 0) is 44.7 Å². The fourth-order valence-corrected chi connectivity index (χ4v) is 3.46. The number of likely N-dealkylation sites (tertiary alicyclic amines) is 1. The van der Waals surface area contributed by atoms with Gasteiger partial charge in [-0.15, -0.1) is 12.4 Å². The minimum atomic E-state index is -4.70. The third-order valence-corrected chi connectivity index (χ3v) is 5.12. The number of hydrogen-bond acceptors (Lipinski definition) is 3. The molecule has 1 unspecified atom stereocenters. The number of aromatic nitrogens is 2. The molecule has 1 aliphatic rings. The Balaban J connectivity index is 0.00000280. The lowest BCUT2D eigenvalue weighted by atomic mass is 9.90. The molecule has 1 atom stereocenters. The van der Waals surface area contributed by atoms with E-state index in [1.807, 2.05) is 13.8 Å². The second kappa shape index (κ2) is 8.53. The van der Waals surface area contributed by atoms with Crippen molar-refractivity contribution >= 4 is 18.3 Å². The van der Waals surface area contributed by atoms with Gasteiger partial charge in [-0.1, -0.05) is 17.7 Å². The van der Waals surface area contributed by atoms with Crippen molar-refractivity contribution in [1.82, 2.24) is 14.7 Å². The van der Waals surface area contributed by atoms with Crippen LogP contribution in [0.3, 0.4) is 0 Å². The second-order valence-electron chi connectivity index (χ2n) is 7.14. The highest BCUT2D eigenvalue weighted by Gasteiger charge is 2.41. The number of benzene rings is 1. The number of nitrogens with zero attached hydrogens (tertiary/aromatic N) is 3. The van der Waals surface area contributed by atoms with Gasteiger partial charge in [0.25, 0.3) is 5.91 Å². The van der Waals surface area contributed by atoms with E-state index in [2.05, 4.69) is 5.10 Å². The maximum atomic E-state index is 13.8. The topological polar surface area (TPSA) is 64.2 Å². The van der Waals surface area contributed by atoms with Gasteiger partial charge in [0.1, 0.15) is 0 Å². The summed E-state index contributed by atoms with van der Waals surface area (Å²) >= 11 is 0. The molecular weight excluding hydrogens is 393 g/mol. The lowest BCUT2D eigenvalue weighted by molar-refractivity contribution is -0.143. The van der Waals surface area contributed by atoms with Gasteiger partial charge in [0.15, 0.2) is 5.69 Å². The maximum Gasteiger partial charge on any atom is 0.434 e. The van der Waals surface area contributed by atoms with Crippen molar-refractivity contribution in [2.75, 3.05) is 13.1 Å². The van der Waals surface area contributed by atoms with Gasteiger partial charge >= 0.3 is 6.18 Å². The molecule has 0 saturated carbocycles. The van der Waals surface area contributed by atoms with Crippen molar-refractivity contribution in [2.45, 2.75) is 38.9 Å². The number of alkyl halides is 3. The first-order valence-corrected chi connectivity index (χ1v) is 8.95. The molecule has 1 aromatic heterocycles. The van der Waals surface area contributed by atoms with Crippen LogP contribution in [-0.4, -0.2) is 39.7 Å². The first-order valence-electron chi connectivity index (χ1n) is 8.95. The molecule has 3 rings (SSSR count). The number of halogens is 4. The summed E-state index contributed by atoms with van der Waals surface area (Å²) in [5, 5.41) is 3.87. The number of carbonyl (C=O) groups is 1. The predicted molar refractivity (Wildman–Crippen MR) is 103 cm³/mol. The molecule has 5 nitrogen and oxygen atoms in total. The van der Waals surface area contributed by atoms with Crippen molar-refractivity contribution in [3.63, 3.8) is 0 Å². The quantitative estimate of drug-likeness (QED) is 0.827. The van der Waals surface area contributed by atoms with E-state index in [0.717, 1.165) is 16.4 Å². The molecule has 154 valence electrons. The molecule has 1 aliphatic heterocycles. The summed E-state index contributed by atoms with van der Waals surface area (Å²) in [4.78, 5) is 14.2. The van der Waals surface area contributed by atoms with Crippen LogP contribution in [0.15, 0.2) is 30.5 Å². The maximum absolute atomic E-state index is 13.8. The van der Waals surface area contributed by atoms with Gasteiger partial charge < -0.3 is 10.6 Å². The summed E-state index contributed by atoms with van der Waals surface area (Å²) in [6.07, 6.45) is -2.30. The molecule has 0 spiro atoms. The second-order valence-corrected chi connectivity index (χ2v) is 7.14. The Morgan fingerprint density at radius 2 is 1.79 bits per heavy atom. The molecule has 0 radical (unpaired) electrons. The molecule has 2 N–H and O–H groups in total. The monoisotopic (exact) mass is 416 g/mol. The third-order valence-electron chi connectivity index (χ3n) is 5.12. The van der Waals surface area contributed by atoms with Crippen molar-refractivity contribution in [2.24, 2.45) is 11.7 Å². The van der Waals surface area contributed by atoms with E-state index in [9.17, 15) is 18.0 Å². The molecule has 2 aromatic rings. The standard InChI is InChI=1S/C19H23F3N4O.ClH/c1-12-3-5-15(6-4-12)26-17(19(20,21)22)16(11-24-26)18(27)25-9-7-14(8-10-25)13(2)23;/h3-6,11,13-14H,7-10,23H2,1-2H3;1H. The average molecular weight is 417 g/mol. The summed E-state index contributed by atoms with van der Waals surface area (Å²) in [6, 6.07) is 6.53. The third kappa shape index (κ3) is 4.50. The number of hydrogen-bond donors (Lipinski definition) is 1. The zero-order chi connectivity index (χ0) is 19.8. The molecule has 1 amide bonds. The van der Waals surface area contributed by atoms with Crippen molar-refractivity contribution in [3.8, 4) is 5.69 Å². The molecule has 1 saturated heterocycles. The summed E-state index contributed by atoms with van der Waals surface area (Å²) < 4.78 is 42.1. The van der Waals surface area contributed by atoms with Gasteiger partial charge in [0, 0.05) is 19.1 Å². The number of aryl methyl sites for hydroxylation is 1. The van der Waals surface area contributed by atoms with Crippen molar-refractivity contribution in [1.29, 1.82) is 0 Å². The van der Waals surface area contributed by atoms with Crippen LogP contribution in [0.2, 0.25) is 0 Å². The number of nitrogens with two attached hydrogens (primary N) is 1. The molecule has 0 bridgehead atoms. The van der Waals surface area contributed by atoms with Crippen LogP contribution in [0.1, 0.15) is 41.4 Å². The Labute approximate surface area is 168 Å². The Kier molecular flexibility index (Phi) is 6.77. The zero-order valence-corrected chi connectivity index (χ0v) is 16.6. The van der Waals surface area contributed by atoms with E-state index < -0.39 is 23.3 Å². The zero-order valence-electron chi connectivity index (χ0n) is 15.7. The first-order chi connectivity index (χ1) is 12.7. The number of rotatable bonds is 3. The van der Waals surface area contributed by atoms with Gasteiger partial charge in [0.2, 0.25) is 0 Å². The van der Waals surface area contributed by atoms with Crippen LogP contribution in [0.4, 0.5) is 13.2 Å². The first kappa shape index (κ1) is 22.2. The lowest BCUT2D eigenvalue weighted by Gasteiger charge is -2.33. The molecule has 1 fully saturated rings. The number of amides is 1. The SMILES string of the molecule is Cc1ccc(-n2ncc(C(=O)N3CCC(C(C)N)CC3)c2C(F)(F)F)cc1.Cl. The molecule has 1 aromatic carbocycles. The molecule has 9 heteroatoms. The Morgan fingerprint density at radius 1 is 1.21 bits per heavy atom. The average Bonchev–Trinajstić information content (AvgIpc) is 3.07. The fourth-order valence-electron chi connectivity index (χ4n) is 3.46. The van der Waals surface area contributed by atoms with Crippen LogP contribution < -0.4 is 5.73 Å². The van der Waals surface area contributed by atoms with E-state index in [1.165, 1.54) is 4.90 Å². The van der Waals surface area contributed by atoms with Gasteiger partial charge in [0.05, 0.1) is 17.4 Å². The van der Waals surface area contributed by atoms with Crippen LogP contribution in [0.5, 0.6) is 0 Å².